The lowest BCUT2D eigenvalue weighted by molar-refractivity contribution is -0.154. The molecule has 0 unspecified atom stereocenters. The molecular formula is C27H30FN7O3. The Morgan fingerprint density at radius 3 is 2.63 bits per heavy atom. The molecule has 38 heavy (non-hydrogen) atoms. The Hall–Kier alpha value is -4.06. The van der Waals surface area contributed by atoms with Crippen molar-refractivity contribution in [2.45, 2.75) is 19.1 Å². The summed E-state index contributed by atoms with van der Waals surface area (Å²) in [5, 5.41) is 16.9. The van der Waals surface area contributed by atoms with Gasteiger partial charge in [-0.15, -0.1) is 0 Å². The molecule has 1 fully saturated rings. The number of nitrogens with zero attached hydrogens (tertiary/aromatic N) is 5. The van der Waals surface area contributed by atoms with Crippen molar-refractivity contribution < 1.29 is 18.8 Å². The zero-order valence-electron chi connectivity index (χ0n) is 21.5. The van der Waals surface area contributed by atoms with Crippen LogP contribution in [0.5, 0.6) is 0 Å². The third-order valence-corrected chi connectivity index (χ3v) is 6.42. The number of urea groups is 1. The highest BCUT2D eigenvalue weighted by atomic mass is 19.1. The first-order valence-electron chi connectivity index (χ1n) is 12.3. The van der Waals surface area contributed by atoms with E-state index in [1.165, 1.54) is 12.1 Å². The maximum atomic E-state index is 13.5. The minimum atomic E-state index is -0.482. The number of amides is 2. The fourth-order valence-electron chi connectivity index (χ4n) is 4.52. The molecular weight excluding hydrogens is 489 g/mol. The van der Waals surface area contributed by atoms with Crippen molar-refractivity contribution in [1.82, 2.24) is 29.9 Å². The molecule has 0 bridgehead atoms. The Labute approximate surface area is 219 Å². The molecule has 0 spiro atoms. The van der Waals surface area contributed by atoms with Crippen molar-refractivity contribution in [1.29, 1.82) is 0 Å². The van der Waals surface area contributed by atoms with Crippen LogP contribution in [0, 0.1) is 12.7 Å². The van der Waals surface area contributed by atoms with Crippen LogP contribution in [-0.2, 0) is 16.6 Å². The molecule has 2 amide bonds. The predicted octanol–water partition coefficient (Wildman–Crippen LogP) is 3.85. The minimum absolute atomic E-state index is 0.334. The summed E-state index contributed by atoms with van der Waals surface area (Å²) < 4.78 is 22.1. The van der Waals surface area contributed by atoms with E-state index in [-0.39, 0.29) is 11.9 Å². The van der Waals surface area contributed by atoms with Crippen molar-refractivity contribution >= 4 is 11.8 Å². The molecule has 2 aromatic carbocycles. The van der Waals surface area contributed by atoms with Crippen LogP contribution in [0.2, 0.25) is 0 Å². The second kappa shape index (κ2) is 11.1. The van der Waals surface area contributed by atoms with E-state index in [9.17, 15) is 9.18 Å². The third-order valence-electron chi connectivity index (χ3n) is 6.42. The van der Waals surface area contributed by atoms with Gasteiger partial charge in [0.25, 0.3) is 0 Å². The lowest BCUT2D eigenvalue weighted by Gasteiger charge is -2.19. The second-order valence-electron chi connectivity index (χ2n) is 9.14. The maximum absolute atomic E-state index is 13.5. The summed E-state index contributed by atoms with van der Waals surface area (Å²) in [7, 11) is 3.46. The number of rotatable bonds is 8. The number of halogens is 1. The largest absolute Gasteiger partial charge is 0.383 e. The van der Waals surface area contributed by atoms with Gasteiger partial charge in [-0.2, -0.15) is 15.3 Å². The molecule has 3 heterocycles. The van der Waals surface area contributed by atoms with Crippen LogP contribution in [0.25, 0.3) is 16.9 Å². The van der Waals surface area contributed by atoms with Gasteiger partial charge in [0.2, 0.25) is 0 Å². The van der Waals surface area contributed by atoms with Crippen molar-refractivity contribution in [3.63, 3.8) is 0 Å². The molecule has 0 saturated carbocycles. The van der Waals surface area contributed by atoms with E-state index < -0.39 is 12.1 Å². The lowest BCUT2D eigenvalue weighted by Crippen LogP contribution is -2.42. The first-order valence-corrected chi connectivity index (χ1v) is 12.3. The highest BCUT2D eigenvalue weighted by Crippen LogP contribution is 2.32. The van der Waals surface area contributed by atoms with Crippen LogP contribution in [0.15, 0.2) is 67.0 Å². The molecule has 0 aliphatic carbocycles. The maximum Gasteiger partial charge on any atom is 0.320 e. The number of nitrogens with one attached hydrogen (secondary N) is 2. The summed E-state index contributed by atoms with van der Waals surface area (Å²) in [6, 6.07) is 14.9. The van der Waals surface area contributed by atoms with Crippen molar-refractivity contribution in [3.8, 4) is 16.9 Å². The van der Waals surface area contributed by atoms with Gasteiger partial charge in [0.05, 0.1) is 24.5 Å². The number of aryl methyl sites for hydroxylation is 1. The Morgan fingerprint density at radius 1 is 1.18 bits per heavy atom. The standard InChI is InChI=1S/C27H30FN7O3/c1-18-24(20-15-29-33(2)16-20)32-35(22-7-5-4-6-8-22)26(18)31-27(36)30-23-17-34(13-14-37-3)38-25(23)19-9-11-21(28)12-10-19/h4-12,15-16,23,25H,13-14,17H2,1-3H3,(H2,30,31,36)/t23-,25+/m1/s1. The van der Waals surface area contributed by atoms with E-state index in [1.54, 1.807) is 39.9 Å². The van der Waals surface area contributed by atoms with E-state index in [2.05, 4.69) is 15.7 Å². The van der Waals surface area contributed by atoms with Crippen LogP contribution in [0.3, 0.4) is 0 Å². The van der Waals surface area contributed by atoms with Gasteiger partial charge in [-0.05, 0) is 36.8 Å². The molecule has 5 rings (SSSR count). The summed E-state index contributed by atoms with van der Waals surface area (Å²) in [5.41, 5.74) is 3.94. The van der Waals surface area contributed by atoms with Gasteiger partial charge < -0.3 is 10.1 Å². The first kappa shape index (κ1) is 25.6. The summed E-state index contributed by atoms with van der Waals surface area (Å²) in [4.78, 5) is 19.5. The van der Waals surface area contributed by atoms with Gasteiger partial charge in [-0.1, -0.05) is 30.3 Å². The number of aromatic nitrogens is 4. The van der Waals surface area contributed by atoms with E-state index in [4.69, 9.17) is 14.7 Å². The molecule has 0 radical (unpaired) electrons. The van der Waals surface area contributed by atoms with Crippen LogP contribution >= 0.6 is 0 Å². The average Bonchev–Trinajstić information content (AvgIpc) is 3.61. The number of methoxy groups -OCH3 is 1. The Balaban J connectivity index is 1.41. The fraction of sp³-hybridized carbons (Fsp3) is 0.296. The number of hydrogen-bond donors (Lipinski definition) is 2. The molecule has 1 aliphatic rings. The van der Waals surface area contributed by atoms with E-state index in [0.717, 1.165) is 28.1 Å². The molecule has 10 nitrogen and oxygen atoms in total. The molecule has 1 saturated heterocycles. The first-order chi connectivity index (χ1) is 18.4. The van der Waals surface area contributed by atoms with Gasteiger partial charge in [0.15, 0.2) is 0 Å². The molecule has 2 N–H and O–H groups in total. The molecule has 11 heteroatoms. The van der Waals surface area contributed by atoms with Crippen LogP contribution in [-0.4, -0.2) is 63.5 Å². The summed E-state index contributed by atoms with van der Waals surface area (Å²) in [6.07, 6.45) is 3.14. The number of carbonyl (C=O) groups is 1. The molecule has 4 aromatic rings. The Morgan fingerprint density at radius 2 is 1.95 bits per heavy atom. The molecule has 2 atom stereocenters. The second-order valence-corrected chi connectivity index (χ2v) is 9.14. The predicted molar refractivity (Wildman–Crippen MR) is 140 cm³/mol. The Bertz CT molecular complexity index is 1390. The summed E-state index contributed by atoms with van der Waals surface area (Å²) >= 11 is 0. The summed E-state index contributed by atoms with van der Waals surface area (Å²) in [5.74, 6) is 0.209. The number of anilines is 1. The Kier molecular flexibility index (Phi) is 7.50. The zero-order valence-corrected chi connectivity index (χ0v) is 21.5. The highest BCUT2D eigenvalue weighted by molar-refractivity contribution is 5.91. The summed E-state index contributed by atoms with van der Waals surface area (Å²) in [6.45, 7) is 3.36. The van der Waals surface area contributed by atoms with Gasteiger partial charge in [-0.25, -0.2) is 13.9 Å². The fourth-order valence-corrected chi connectivity index (χ4v) is 4.52. The van der Waals surface area contributed by atoms with Gasteiger partial charge >= 0.3 is 6.03 Å². The molecule has 2 aromatic heterocycles. The average molecular weight is 520 g/mol. The number of ether oxygens (including phenoxy) is 1. The van der Waals surface area contributed by atoms with Crippen molar-refractivity contribution in [2.75, 3.05) is 32.1 Å². The zero-order chi connectivity index (χ0) is 26.6. The minimum Gasteiger partial charge on any atom is -0.383 e. The van der Waals surface area contributed by atoms with Crippen molar-refractivity contribution in [3.05, 3.63) is 83.9 Å². The molecule has 1 aliphatic heterocycles. The topological polar surface area (TPSA) is 98.5 Å². The van der Waals surface area contributed by atoms with Crippen LogP contribution in [0.4, 0.5) is 15.0 Å². The van der Waals surface area contributed by atoms with Crippen LogP contribution < -0.4 is 10.6 Å². The SMILES string of the molecule is COCCN1C[C@@H](NC(=O)Nc2c(C)c(-c3cnn(C)c3)nn2-c2ccccc2)[C@H](c2ccc(F)cc2)O1. The van der Waals surface area contributed by atoms with E-state index in [1.807, 2.05) is 50.5 Å². The van der Waals surface area contributed by atoms with Crippen molar-refractivity contribution in [2.24, 2.45) is 7.05 Å². The molecule has 198 valence electrons. The number of para-hydroxylation sites is 1. The number of benzene rings is 2. The van der Waals surface area contributed by atoms with E-state index in [0.29, 0.717) is 25.5 Å². The van der Waals surface area contributed by atoms with Gasteiger partial charge in [0, 0.05) is 44.6 Å². The quantitative estimate of drug-likeness (QED) is 0.367. The lowest BCUT2D eigenvalue weighted by atomic mass is 10.0. The van der Waals surface area contributed by atoms with Gasteiger partial charge in [0.1, 0.15) is 23.4 Å². The monoisotopic (exact) mass is 519 g/mol. The van der Waals surface area contributed by atoms with Gasteiger partial charge in [-0.3, -0.25) is 14.8 Å². The number of hydroxylamine groups is 2. The highest BCUT2D eigenvalue weighted by Gasteiger charge is 2.36. The number of carbonyl (C=O) groups excluding carboxylic acids is 1. The number of hydrogen-bond acceptors (Lipinski definition) is 6. The van der Waals surface area contributed by atoms with E-state index >= 15 is 0 Å². The normalized spacial score (nSPS) is 17.6. The smallest absolute Gasteiger partial charge is 0.320 e. The van der Waals surface area contributed by atoms with Crippen LogP contribution in [0.1, 0.15) is 17.2 Å². The third kappa shape index (κ3) is 5.44.